The van der Waals surface area contributed by atoms with E-state index in [-0.39, 0.29) is 0 Å². The van der Waals surface area contributed by atoms with Crippen molar-refractivity contribution in [2.75, 3.05) is 18.1 Å². The van der Waals surface area contributed by atoms with E-state index in [1.807, 2.05) is 0 Å². The number of hydrogen-bond acceptors (Lipinski definition) is 1. The summed E-state index contributed by atoms with van der Waals surface area (Å²) in [5.41, 5.74) is 0. The molecule has 0 aliphatic carbocycles. The van der Waals surface area contributed by atoms with Crippen molar-refractivity contribution in [1.82, 2.24) is 0 Å². The van der Waals surface area contributed by atoms with Crippen molar-refractivity contribution in [1.29, 1.82) is 0 Å². The van der Waals surface area contributed by atoms with Crippen LogP contribution in [-0.4, -0.2) is 30.1 Å². The molecular weight excluding hydrogens is 168 g/mol. The topological polar surface area (TPSA) is 9.23 Å². The predicted octanol–water partition coefficient (Wildman–Crippen LogP) is 2.52. The van der Waals surface area contributed by atoms with Crippen LogP contribution >= 0.6 is 10.5 Å². The Balaban J connectivity index is 2.04. The fraction of sp³-hybridized carbons (Fsp3) is 0.900. The summed E-state index contributed by atoms with van der Waals surface area (Å²) < 4.78 is 5.52. The lowest BCUT2D eigenvalue weighted by atomic mass is 10.1. The van der Waals surface area contributed by atoms with Gasteiger partial charge in [0.05, 0.1) is 6.10 Å². The Morgan fingerprint density at radius 3 is 2.83 bits per heavy atom. The molecule has 1 fully saturated rings. The van der Waals surface area contributed by atoms with E-state index in [1.54, 1.807) is 0 Å². The third-order valence-corrected chi connectivity index (χ3v) is 4.02. The van der Waals surface area contributed by atoms with Crippen molar-refractivity contribution < 1.29 is 4.74 Å². The van der Waals surface area contributed by atoms with Crippen molar-refractivity contribution >= 4 is 16.4 Å². The molecule has 1 saturated heterocycles. The molecule has 0 saturated carbocycles. The van der Waals surface area contributed by atoms with E-state index in [0.29, 0.717) is 16.6 Å². The highest BCUT2D eigenvalue weighted by Gasteiger charge is 2.16. The second-order valence-corrected chi connectivity index (χ2v) is 5.81. The monoisotopic (exact) mass is 188 g/mol. The van der Waals surface area contributed by atoms with Gasteiger partial charge in [-0.2, -0.15) is 10.5 Å². The second-order valence-electron chi connectivity index (χ2n) is 3.85. The highest BCUT2D eigenvalue weighted by atomic mass is 32.2. The van der Waals surface area contributed by atoms with Crippen molar-refractivity contribution in [2.45, 2.75) is 32.8 Å². The molecule has 1 aliphatic heterocycles. The Hall–Kier alpha value is 0.180. The molecule has 0 bridgehead atoms. The normalized spacial score (nSPS) is 29.9. The molecule has 0 spiro atoms. The molecule has 12 heavy (non-hydrogen) atoms. The summed E-state index contributed by atoms with van der Waals surface area (Å²) in [6.45, 7) is 5.14. The van der Waals surface area contributed by atoms with E-state index in [4.69, 9.17) is 4.74 Å². The molecule has 1 rings (SSSR count). The minimum atomic E-state index is 0.393. The average molecular weight is 188 g/mol. The molecule has 2 atom stereocenters. The lowest BCUT2D eigenvalue weighted by Crippen LogP contribution is -2.08. The van der Waals surface area contributed by atoms with Gasteiger partial charge in [-0.3, -0.25) is 0 Å². The zero-order chi connectivity index (χ0) is 8.97. The standard InChI is InChI=1S/C10H20OS/c1-9(2)11-6-4-10-5-7-12(3)8-10/h9-10H,3-8H2,1-2H3. The van der Waals surface area contributed by atoms with Gasteiger partial charge in [0.15, 0.2) is 0 Å². The maximum atomic E-state index is 5.52. The van der Waals surface area contributed by atoms with Crippen LogP contribution in [0.5, 0.6) is 0 Å². The first-order valence-corrected chi connectivity index (χ1v) is 6.50. The summed E-state index contributed by atoms with van der Waals surface area (Å²) in [4.78, 5) is 0. The molecule has 0 radical (unpaired) electrons. The minimum absolute atomic E-state index is 0.393. The molecule has 1 aliphatic rings. The highest BCUT2D eigenvalue weighted by molar-refractivity contribution is 8.14. The lowest BCUT2D eigenvalue weighted by Gasteiger charge is -2.10. The van der Waals surface area contributed by atoms with E-state index < -0.39 is 0 Å². The Bertz CT molecular complexity index is 154. The number of ether oxygens (including phenoxy) is 1. The second kappa shape index (κ2) is 5.03. The molecule has 1 nitrogen and oxygen atoms in total. The van der Waals surface area contributed by atoms with Gasteiger partial charge in [-0.1, -0.05) is 5.87 Å². The van der Waals surface area contributed by atoms with Gasteiger partial charge < -0.3 is 4.74 Å². The predicted molar refractivity (Wildman–Crippen MR) is 58.3 cm³/mol. The summed E-state index contributed by atoms with van der Waals surface area (Å²) in [6.07, 6.45) is 3.02. The largest absolute Gasteiger partial charge is 0.379 e. The minimum Gasteiger partial charge on any atom is -0.379 e. The van der Waals surface area contributed by atoms with Gasteiger partial charge in [-0.25, -0.2) is 0 Å². The first-order valence-electron chi connectivity index (χ1n) is 4.77. The van der Waals surface area contributed by atoms with Crippen molar-refractivity contribution in [3.8, 4) is 0 Å². The van der Waals surface area contributed by atoms with Gasteiger partial charge in [0.2, 0.25) is 0 Å². The molecule has 1 heterocycles. The van der Waals surface area contributed by atoms with E-state index in [0.717, 1.165) is 12.5 Å². The summed E-state index contributed by atoms with van der Waals surface area (Å²) >= 11 is 0. The molecule has 2 heteroatoms. The SMILES string of the molecule is C=S1CCC(CCOC(C)C)C1. The lowest BCUT2D eigenvalue weighted by molar-refractivity contribution is 0.0702. The summed E-state index contributed by atoms with van der Waals surface area (Å²) in [5, 5.41) is 0. The Labute approximate surface area is 78.4 Å². The quantitative estimate of drug-likeness (QED) is 0.616. The molecule has 0 amide bonds. The fourth-order valence-corrected chi connectivity index (χ4v) is 3.36. The van der Waals surface area contributed by atoms with Crippen LogP contribution in [0.25, 0.3) is 0 Å². The van der Waals surface area contributed by atoms with Gasteiger partial charge in [0.25, 0.3) is 0 Å². The average Bonchev–Trinajstić information content (AvgIpc) is 2.35. The van der Waals surface area contributed by atoms with Crippen LogP contribution in [-0.2, 0) is 4.74 Å². The van der Waals surface area contributed by atoms with Crippen molar-refractivity contribution in [2.24, 2.45) is 5.92 Å². The van der Waals surface area contributed by atoms with Crippen LogP contribution in [0.2, 0.25) is 0 Å². The van der Waals surface area contributed by atoms with E-state index in [9.17, 15) is 0 Å². The highest BCUT2D eigenvalue weighted by Crippen LogP contribution is 2.30. The molecule has 0 N–H and O–H groups in total. The van der Waals surface area contributed by atoms with Gasteiger partial charge in [0.1, 0.15) is 0 Å². The first-order chi connectivity index (χ1) is 5.68. The summed E-state index contributed by atoms with van der Waals surface area (Å²) in [7, 11) is 0.477. The van der Waals surface area contributed by atoms with Crippen LogP contribution in [0.4, 0.5) is 0 Å². The first kappa shape index (κ1) is 10.3. The van der Waals surface area contributed by atoms with Crippen LogP contribution in [0.3, 0.4) is 0 Å². The number of rotatable bonds is 4. The zero-order valence-electron chi connectivity index (χ0n) is 8.21. The van der Waals surface area contributed by atoms with E-state index in [1.165, 1.54) is 24.3 Å². The smallest absolute Gasteiger partial charge is 0.0518 e. The van der Waals surface area contributed by atoms with Crippen molar-refractivity contribution in [3.05, 3.63) is 0 Å². The van der Waals surface area contributed by atoms with Crippen LogP contribution < -0.4 is 0 Å². The van der Waals surface area contributed by atoms with Crippen LogP contribution in [0.15, 0.2) is 0 Å². The van der Waals surface area contributed by atoms with E-state index >= 15 is 0 Å². The summed E-state index contributed by atoms with van der Waals surface area (Å²) in [6, 6.07) is 0. The Morgan fingerprint density at radius 1 is 1.58 bits per heavy atom. The van der Waals surface area contributed by atoms with Crippen LogP contribution in [0.1, 0.15) is 26.7 Å². The van der Waals surface area contributed by atoms with Gasteiger partial charge in [-0.15, -0.1) is 0 Å². The third-order valence-electron chi connectivity index (χ3n) is 2.26. The molecule has 0 aromatic heterocycles. The summed E-state index contributed by atoms with van der Waals surface area (Å²) in [5.74, 6) is 7.73. The number of hydrogen-bond donors (Lipinski definition) is 0. The zero-order valence-corrected chi connectivity index (χ0v) is 9.03. The maximum Gasteiger partial charge on any atom is 0.0518 e. The Morgan fingerprint density at radius 2 is 2.33 bits per heavy atom. The fourth-order valence-electron chi connectivity index (χ4n) is 1.53. The molecule has 0 aromatic carbocycles. The molecule has 72 valence electrons. The molecule has 2 unspecified atom stereocenters. The van der Waals surface area contributed by atoms with Gasteiger partial charge in [-0.05, 0) is 44.1 Å². The van der Waals surface area contributed by atoms with E-state index in [2.05, 4.69) is 19.7 Å². The van der Waals surface area contributed by atoms with Gasteiger partial charge in [0, 0.05) is 6.61 Å². The third kappa shape index (κ3) is 3.72. The van der Waals surface area contributed by atoms with Crippen molar-refractivity contribution in [3.63, 3.8) is 0 Å². The Kier molecular flexibility index (Phi) is 4.30. The van der Waals surface area contributed by atoms with Gasteiger partial charge >= 0.3 is 0 Å². The maximum absolute atomic E-state index is 5.52. The van der Waals surface area contributed by atoms with Crippen LogP contribution in [0, 0.1) is 5.92 Å². The molecular formula is C10H20OS. The molecule has 0 aromatic rings.